The molecule has 0 aromatic rings. The molecule has 0 amide bonds. The first-order valence-corrected chi connectivity index (χ1v) is 13.9. The van der Waals surface area contributed by atoms with Crippen LogP contribution in [0.15, 0.2) is 47.6 Å². The minimum absolute atomic E-state index is 0.318. The highest BCUT2D eigenvalue weighted by atomic mass is 16.3. The largest absolute Gasteiger partial charge is 0.390 e. The van der Waals surface area contributed by atoms with Gasteiger partial charge in [-0.15, -0.1) is 0 Å². The summed E-state index contributed by atoms with van der Waals surface area (Å²) in [6, 6.07) is 0. The number of fused-ring (bicyclic) bond motifs is 1. The summed E-state index contributed by atoms with van der Waals surface area (Å²) >= 11 is 0. The van der Waals surface area contributed by atoms with Crippen LogP contribution < -0.4 is 0 Å². The van der Waals surface area contributed by atoms with Crippen LogP contribution in [0.3, 0.4) is 0 Å². The van der Waals surface area contributed by atoms with Crippen molar-refractivity contribution in [3.63, 3.8) is 0 Å². The van der Waals surface area contributed by atoms with Gasteiger partial charge in [0.05, 0.1) is 17.8 Å². The van der Waals surface area contributed by atoms with Crippen molar-refractivity contribution in [3.8, 4) is 0 Å². The molecule has 0 aromatic heterocycles. The maximum Gasteiger partial charge on any atom is 0.0809 e. The molecule has 3 aliphatic carbocycles. The van der Waals surface area contributed by atoms with E-state index in [9.17, 15) is 15.3 Å². The predicted octanol–water partition coefficient (Wildman–Crippen LogP) is 7.04. The quantitative estimate of drug-likeness (QED) is 0.317. The summed E-state index contributed by atoms with van der Waals surface area (Å²) in [6.45, 7) is 17.4. The van der Waals surface area contributed by atoms with Crippen LogP contribution in [0.2, 0.25) is 0 Å². The zero-order chi connectivity index (χ0) is 25.1. The molecule has 34 heavy (non-hydrogen) atoms. The van der Waals surface area contributed by atoms with E-state index in [1.807, 2.05) is 0 Å². The highest BCUT2D eigenvalue weighted by Gasteiger charge is 2.50. The lowest BCUT2D eigenvalue weighted by Gasteiger charge is -2.45. The molecule has 3 aliphatic rings. The van der Waals surface area contributed by atoms with Crippen LogP contribution in [-0.4, -0.2) is 33.1 Å². The monoisotopic (exact) mass is 470 g/mol. The van der Waals surface area contributed by atoms with E-state index < -0.39 is 17.8 Å². The van der Waals surface area contributed by atoms with Crippen molar-refractivity contribution < 1.29 is 15.3 Å². The maximum atomic E-state index is 10.6. The van der Waals surface area contributed by atoms with Crippen molar-refractivity contribution >= 4 is 0 Å². The van der Waals surface area contributed by atoms with Crippen molar-refractivity contribution in [1.29, 1.82) is 0 Å². The summed E-state index contributed by atoms with van der Waals surface area (Å²) in [4.78, 5) is 0. The lowest BCUT2D eigenvalue weighted by molar-refractivity contribution is 0.0215. The molecule has 0 bridgehead atoms. The fourth-order valence-electron chi connectivity index (χ4n) is 7.29. The van der Waals surface area contributed by atoms with E-state index in [0.717, 1.165) is 44.1 Å². The minimum atomic E-state index is -0.626. The van der Waals surface area contributed by atoms with E-state index in [0.29, 0.717) is 41.6 Å². The van der Waals surface area contributed by atoms with E-state index in [4.69, 9.17) is 0 Å². The molecule has 0 saturated heterocycles. The highest BCUT2D eigenvalue weighted by Crippen LogP contribution is 2.60. The smallest absolute Gasteiger partial charge is 0.0809 e. The van der Waals surface area contributed by atoms with Crippen molar-refractivity contribution in [2.24, 2.45) is 23.2 Å². The second-order valence-corrected chi connectivity index (χ2v) is 11.9. The second-order valence-electron chi connectivity index (χ2n) is 11.9. The Kier molecular flexibility index (Phi) is 9.09. The molecule has 6 atom stereocenters. The third kappa shape index (κ3) is 5.79. The van der Waals surface area contributed by atoms with Gasteiger partial charge in [0.2, 0.25) is 0 Å². The van der Waals surface area contributed by atoms with Gasteiger partial charge in [-0.25, -0.2) is 0 Å². The van der Waals surface area contributed by atoms with Crippen LogP contribution >= 0.6 is 0 Å². The van der Waals surface area contributed by atoms with Gasteiger partial charge in [0.15, 0.2) is 0 Å². The zero-order valence-electron chi connectivity index (χ0n) is 22.3. The van der Waals surface area contributed by atoms with Crippen LogP contribution in [-0.2, 0) is 0 Å². The summed E-state index contributed by atoms with van der Waals surface area (Å²) in [6.07, 6.45) is 15.2. The number of rotatable bonds is 9. The summed E-state index contributed by atoms with van der Waals surface area (Å²) in [5.74, 6) is 1.80. The first-order chi connectivity index (χ1) is 16.0. The van der Waals surface area contributed by atoms with Crippen molar-refractivity contribution in [3.05, 3.63) is 47.6 Å². The lowest BCUT2D eigenvalue weighted by atomic mass is 9.60. The molecular formula is C31H50O3. The SMILES string of the molecule is C=C1[C@H](O)CC(=C/C=C2\CCC[C@]3(C)[C@@H]([C@@H](C)C(=C)CCCC(O)(CC)CC)CC[C@@H]23)C[C@H]1O. The molecule has 3 N–H and O–H groups in total. The van der Waals surface area contributed by atoms with Gasteiger partial charge in [-0.2, -0.15) is 0 Å². The van der Waals surface area contributed by atoms with Crippen LogP contribution in [0, 0.1) is 23.2 Å². The number of aliphatic hydroxyl groups excluding tert-OH is 2. The Hall–Kier alpha value is -1.16. The van der Waals surface area contributed by atoms with Gasteiger partial charge in [-0.1, -0.05) is 69.7 Å². The molecule has 3 heteroatoms. The lowest BCUT2D eigenvalue weighted by Crippen LogP contribution is -2.36. The average molecular weight is 471 g/mol. The van der Waals surface area contributed by atoms with Crippen molar-refractivity contribution in [2.45, 2.75) is 123 Å². The molecular weight excluding hydrogens is 420 g/mol. The molecule has 0 radical (unpaired) electrons. The predicted molar refractivity (Wildman–Crippen MR) is 142 cm³/mol. The third-order valence-corrected chi connectivity index (χ3v) is 10.0. The van der Waals surface area contributed by atoms with E-state index in [1.165, 1.54) is 31.3 Å². The summed E-state index contributed by atoms with van der Waals surface area (Å²) in [7, 11) is 0. The first-order valence-electron chi connectivity index (χ1n) is 13.9. The topological polar surface area (TPSA) is 60.7 Å². The van der Waals surface area contributed by atoms with Crippen LogP contribution in [0.4, 0.5) is 0 Å². The summed E-state index contributed by atoms with van der Waals surface area (Å²) < 4.78 is 0. The molecule has 3 saturated carbocycles. The maximum absolute atomic E-state index is 10.6. The summed E-state index contributed by atoms with van der Waals surface area (Å²) in [5.41, 5.74) is 4.41. The van der Waals surface area contributed by atoms with Crippen LogP contribution in [0.5, 0.6) is 0 Å². The number of hydrogen-bond acceptors (Lipinski definition) is 3. The fraction of sp³-hybridized carbons (Fsp3) is 0.742. The average Bonchev–Trinajstić information content (AvgIpc) is 3.17. The Bertz CT molecular complexity index is 785. The molecule has 3 fully saturated rings. The Morgan fingerprint density at radius 1 is 1.15 bits per heavy atom. The van der Waals surface area contributed by atoms with Gasteiger partial charge in [0.25, 0.3) is 0 Å². The molecule has 0 aliphatic heterocycles. The van der Waals surface area contributed by atoms with Gasteiger partial charge < -0.3 is 15.3 Å². The standard InChI is InChI=1S/C31H50O3/c1-7-31(34,8-2)18-9-11-21(3)22(4)26-15-16-27-25(12-10-17-30(26,27)6)14-13-24-19-28(32)23(5)29(33)20-24/h13-14,22,26-29,32-34H,3,5,7-12,15-20H2,1-2,4,6H3/b25-14+/t22-,26+,27-,28+,29+,30+/m0/s1. The van der Waals surface area contributed by atoms with E-state index in [-0.39, 0.29) is 0 Å². The van der Waals surface area contributed by atoms with E-state index >= 15 is 0 Å². The Morgan fingerprint density at radius 3 is 2.41 bits per heavy atom. The Labute approximate surface area is 208 Å². The summed E-state index contributed by atoms with van der Waals surface area (Å²) in [5, 5.41) is 31.0. The molecule has 0 unspecified atom stereocenters. The zero-order valence-corrected chi connectivity index (χ0v) is 22.3. The highest BCUT2D eigenvalue weighted by molar-refractivity contribution is 5.30. The molecule has 192 valence electrons. The van der Waals surface area contributed by atoms with Gasteiger partial charge in [0.1, 0.15) is 0 Å². The van der Waals surface area contributed by atoms with Crippen LogP contribution in [0.25, 0.3) is 0 Å². The van der Waals surface area contributed by atoms with Gasteiger partial charge in [-0.05, 0) is 106 Å². The van der Waals surface area contributed by atoms with Crippen LogP contribution in [0.1, 0.15) is 105 Å². The number of aliphatic hydroxyl groups is 3. The first kappa shape index (κ1) is 27.4. The van der Waals surface area contributed by atoms with Crippen molar-refractivity contribution in [2.75, 3.05) is 0 Å². The third-order valence-electron chi connectivity index (χ3n) is 10.0. The fourth-order valence-corrected chi connectivity index (χ4v) is 7.29. The molecule has 0 heterocycles. The minimum Gasteiger partial charge on any atom is -0.390 e. The molecule has 0 spiro atoms. The Balaban J connectivity index is 1.65. The van der Waals surface area contributed by atoms with Gasteiger partial charge >= 0.3 is 0 Å². The number of allylic oxidation sites excluding steroid dienone is 4. The number of hydrogen-bond donors (Lipinski definition) is 3. The normalized spacial score (nSPS) is 34.3. The van der Waals surface area contributed by atoms with Gasteiger partial charge in [0, 0.05) is 0 Å². The van der Waals surface area contributed by atoms with Crippen molar-refractivity contribution in [1.82, 2.24) is 0 Å². The second kappa shape index (κ2) is 11.3. The van der Waals surface area contributed by atoms with Gasteiger partial charge in [-0.3, -0.25) is 0 Å². The van der Waals surface area contributed by atoms with E-state index in [1.54, 1.807) is 5.57 Å². The van der Waals surface area contributed by atoms with E-state index in [2.05, 4.69) is 53.0 Å². The molecule has 3 nitrogen and oxygen atoms in total. The molecule has 3 rings (SSSR count). The molecule has 0 aromatic carbocycles. The Morgan fingerprint density at radius 2 is 1.79 bits per heavy atom.